The quantitative estimate of drug-likeness (QED) is 0.618. The van der Waals surface area contributed by atoms with Gasteiger partial charge in [-0.2, -0.15) is 5.10 Å². The normalized spacial score (nSPS) is 10.1. The Morgan fingerprint density at radius 3 is 2.88 bits per heavy atom. The Morgan fingerprint density at radius 1 is 1.35 bits per heavy atom. The van der Waals surface area contributed by atoms with E-state index in [-0.39, 0.29) is 11.7 Å². The molecule has 0 aliphatic carbocycles. The Morgan fingerprint density at radius 2 is 2.18 bits per heavy atom. The van der Waals surface area contributed by atoms with Crippen LogP contribution >= 0.6 is 11.8 Å². The number of aromatic amines is 1. The van der Waals surface area contributed by atoms with Gasteiger partial charge in [-0.05, 0) is 12.1 Å². The third kappa shape index (κ3) is 3.60. The van der Waals surface area contributed by atoms with Crippen LogP contribution in [0.2, 0.25) is 0 Å². The molecule has 2 N–H and O–H groups in total. The van der Waals surface area contributed by atoms with Crippen LogP contribution in [-0.4, -0.2) is 33.4 Å². The summed E-state index contributed by atoms with van der Waals surface area (Å²) in [6.45, 7) is 0.596. The van der Waals surface area contributed by atoms with Gasteiger partial charge in [0.15, 0.2) is 0 Å². The average Bonchev–Trinajstić information content (AvgIpc) is 2.89. The lowest BCUT2D eigenvalue weighted by atomic mass is 10.4. The van der Waals surface area contributed by atoms with E-state index in [0.29, 0.717) is 6.54 Å². The summed E-state index contributed by atoms with van der Waals surface area (Å²) in [4.78, 5) is 16.4. The molecule has 1 aromatic heterocycles. The highest BCUT2D eigenvalue weighted by atomic mass is 32.2. The van der Waals surface area contributed by atoms with Crippen LogP contribution in [0.4, 0.5) is 0 Å². The number of hydrogen-bond acceptors (Lipinski definition) is 4. The second kappa shape index (κ2) is 6.05. The van der Waals surface area contributed by atoms with Gasteiger partial charge >= 0.3 is 0 Å². The van der Waals surface area contributed by atoms with Crippen molar-refractivity contribution in [3.05, 3.63) is 42.5 Å². The molecule has 0 aliphatic heterocycles. The number of nitrogens with zero attached hydrogens (tertiary/aromatic N) is 2. The number of hydrogen-bond donors (Lipinski definition) is 2. The van der Waals surface area contributed by atoms with Crippen LogP contribution < -0.4 is 5.32 Å². The number of benzene rings is 1. The summed E-state index contributed by atoms with van der Waals surface area (Å²) in [6.07, 6.45) is 1.31. The van der Waals surface area contributed by atoms with Gasteiger partial charge in [-0.1, -0.05) is 18.2 Å². The zero-order valence-corrected chi connectivity index (χ0v) is 9.91. The molecule has 0 atom stereocenters. The Kier molecular flexibility index (Phi) is 4.15. The fraction of sp³-hybridized carbons (Fsp3) is 0.182. The van der Waals surface area contributed by atoms with Crippen LogP contribution in [0.5, 0.6) is 0 Å². The van der Waals surface area contributed by atoms with Crippen molar-refractivity contribution in [2.24, 2.45) is 0 Å². The van der Waals surface area contributed by atoms with E-state index in [0.717, 1.165) is 5.75 Å². The molecule has 0 spiro atoms. The van der Waals surface area contributed by atoms with Gasteiger partial charge in [-0.3, -0.25) is 9.89 Å². The topological polar surface area (TPSA) is 70.7 Å². The van der Waals surface area contributed by atoms with E-state index in [1.165, 1.54) is 11.2 Å². The minimum Gasteiger partial charge on any atom is -0.348 e. The molecule has 1 amide bonds. The van der Waals surface area contributed by atoms with Gasteiger partial charge in [0.1, 0.15) is 6.33 Å². The van der Waals surface area contributed by atoms with Crippen molar-refractivity contribution in [3.8, 4) is 0 Å². The summed E-state index contributed by atoms with van der Waals surface area (Å²) in [5.74, 6) is 0.843. The first-order valence-corrected chi connectivity index (χ1v) is 6.16. The van der Waals surface area contributed by atoms with Crippen LogP contribution in [-0.2, 0) is 0 Å². The summed E-state index contributed by atoms with van der Waals surface area (Å²) in [5.41, 5.74) is 0. The number of carbonyl (C=O) groups excluding carboxylic acids is 1. The number of amides is 1. The van der Waals surface area contributed by atoms with E-state index in [9.17, 15) is 4.79 Å². The van der Waals surface area contributed by atoms with Gasteiger partial charge < -0.3 is 5.32 Å². The summed E-state index contributed by atoms with van der Waals surface area (Å²) >= 11 is 1.70. The molecule has 0 radical (unpaired) electrons. The highest BCUT2D eigenvalue weighted by molar-refractivity contribution is 7.99. The maximum Gasteiger partial charge on any atom is 0.288 e. The van der Waals surface area contributed by atoms with E-state index in [2.05, 4.69) is 20.5 Å². The van der Waals surface area contributed by atoms with Crippen molar-refractivity contribution in [2.45, 2.75) is 4.90 Å². The fourth-order valence-electron chi connectivity index (χ4n) is 1.25. The van der Waals surface area contributed by atoms with Gasteiger partial charge in [0.05, 0.1) is 0 Å². The molecular weight excluding hydrogens is 236 g/mol. The standard InChI is InChI=1S/C11H12N4OS/c16-11(10-13-8-14-15-10)12-6-7-17-9-4-2-1-3-5-9/h1-5,8H,6-7H2,(H,12,16)(H,13,14,15). The molecule has 0 unspecified atom stereocenters. The average molecular weight is 248 g/mol. The van der Waals surface area contributed by atoms with E-state index in [4.69, 9.17) is 0 Å². The predicted molar refractivity (Wildman–Crippen MR) is 65.9 cm³/mol. The van der Waals surface area contributed by atoms with Gasteiger partial charge in [-0.15, -0.1) is 11.8 Å². The zero-order valence-electron chi connectivity index (χ0n) is 9.09. The molecule has 6 heteroatoms. The first kappa shape index (κ1) is 11.7. The number of H-pyrrole nitrogens is 1. The summed E-state index contributed by atoms with van der Waals surface area (Å²) < 4.78 is 0. The van der Waals surface area contributed by atoms with Crippen LogP contribution in [0.3, 0.4) is 0 Å². The van der Waals surface area contributed by atoms with Crippen molar-refractivity contribution in [3.63, 3.8) is 0 Å². The first-order valence-electron chi connectivity index (χ1n) is 5.17. The molecular formula is C11H12N4OS. The Balaban J connectivity index is 1.69. The first-order chi connectivity index (χ1) is 8.36. The molecule has 0 aliphatic rings. The third-order valence-electron chi connectivity index (χ3n) is 2.03. The molecule has 5 nitrogen and oxygen atoms in total. The maximum absolute atomic E-state index is 11.5. The van der Waals surface area contributed by atoms with E-state index < -0.39 is 0 Å². The highest BCUT2D eigenvalue weighted by Gasteiger charge is 2.06. The summed E-state index contributed by atoms with van der Waals surface area (Å²) in [5, 5.41) is 8.89. The lowest BCUT2D eigenvalue weighted by Gasteiger charge is -2.02. The van der Waals surface area contributed by atoms with Gasteiger partial charge in [0.25, 0.3) is 5.91 Å². The number of nitrogens with one attached hydrogen (secondary N) is 2. The second-order valence-electron chi connectivity index (χ2n) is 3.25. The van der Waals surface area contributed by atoms with Crippen LogP contribution in [0.25, 0.3) is 0 Å². The Labute approximate surface area is 103 Å². The Hall–Kier alpha value is -1.82. The van der Waals surface area contributed by atoms with E-state index >= 15 is 0 Å². The molecule has 0 saturated carbocycles. The van der Waals surface area contributed by atoms with Gasteiger partial charge in [0.2, 0.25) is 5.82 Å². The molecule has 0 saturated heterocycles. The van der Waals surface area contributed by atoms with Crippen molar-refractivity contribution in [2.75, 3.05) is 12.3 Å². The highest BCUT2D eigenvalue weighted by Crippen LogP contribution is 2.15. The van der Waals surface area contributed by atoms with E-state index in [1.54, 1.807) is 11.8 Å². The fourth-order valence-corrected chi connectivity index (χ4v) is 2.04. The minimum absolute atomic E-state index is 0.226. The molecule has 88 valence electrons. The predicted octanol–water partition coefficient (Wildman–Crippen LogP) is 1.33. The molecule has 2 rings (SSSR count). The van der Waals surface area contributed by atoms with Gasteiger partial charge in [0, 0.05) is 17.2 Å². The van der Waals surface area contributed by atoms with Crippen LogP contribution in [0.1, 0.15) is 10.6 Å². The second-order valence-corrected chi connectivity index (χ2v) is 4.42. The van der Waals surface area contributed by atoms with Crippen molar-refractivity contribution in [1.82, 2.24) is 20.5 Å². The number of rotatable bonds is 5. The number of thioether (sulfide) groups is 1. The number of carbonyl (C=O) groups is 1. The van der Waals surface area contributed by atoms with Crippen LogP contribution in [0, 0.1) is 0 Å². The van der Waals surface area contributed by atoms with Crippen molar-refractivity contribution in [1.29, 1.82) is 0 Å². The lowest BCUT2D eigenvalue weighted by molar-refractivity contribution is 0.0946. The largest absolute Gasteiger partial charge is 0.348 e. The zero-order chi connectivity index (χ0) is 11.9. The third-order valence-corrected chi connectivity index (χ3v) is 3.04. The molecule has 17 heavy (non-hydrogen) atoms. The number of aromatic nitrogens is 3. The minimum atomic E-state index is -0.226. The summed E-state index contributed by atoms with van der Waals surface area (Å²) in [6, 6.07) is 10.1. The SMILES string of the molecule is O=C(NCCSc1ccccc1)c1ncn[nH]1. The smallest absolute Gasteiger partial charge is 0.288 e. The lowest BCUT2D eigenvalue weighted by Crippen LogP contribution is -2.26. The maximum atomic E-state index is 11.5. The molecule has 0 fully saturated rings. The monoisotopic (exact) mass is 248 g/mol. The van der Waals surface area contributed by atoms with Gasteiger partial charge in [-0.25, -0.2) is 4.98 Å². The Bertz CT molecular complexity index is 458. The molecule has 1 heterocycles. The van der Waals surface area contributed by atoms with Crippen molar-refractivity contribution < 1.29 is 4.79 Å². The molecule has 1 aromatic carbocycles. The molecule has 0 bridgehead atoms. The van der Waals surface area contributed by atoms with Crippen molar-refractivity contribution >= 4 is 17.7 Å². The summed E-state index contributed by atoms with van der Waals surface area (Å²) in [7, 11) is 0. The van der Waals surface area contributed by atoms with E-state index in [1.807, 2.05) is 30.3 Å². The van der Waals surface area contributed by atoms with Crippen LogP contribution in [0.15, 0.2) is 41.6 Å². The molecule has 2 aromatic rings.